The standard InChI is InChI=1S/C26H33N3O3/c30-24(20-8-2-1-3-9-20)27-15-16-28-25(31)21-13-17-29(18-14-21)26(32)23-12-6-10-19-7-4-5-11-22(19)23/h4-7,10-12,20-21H,1-3,8-9,13-18H2,(H,27,30)(H,28,31). The molecular weight excluding hydrogens is 402 g/mol. The van der Waals surface area contributed by atoms with Gasteiger partial charge >= 0.3 is 0 Å². The number of hydrogen-bond donors (Lipinski definition) is 2. The van der Waals surface area contributed by atoms with E-state index < -0.39 is 0 Å². The minimum Gasteiger partial charge on any atom is -0.354 e. The van der Waals surface area contributed by atoms with E-state index in [4.69, 9.17) is 0 Å². The van der Waals surface area contributed by atoms with Gasteiger partial charge in [0.25, 0.3) is 5.91 Å². The van der Waals surface area contributed by atoms with Crippen molar-refractivity contribution in [2.24, 2.45) is 11.8 Å². The summed E-state index contributed by atoms with van der Waals surface area (Å²) in [4.78, 5) is 39.7. The highest BCUT2D eigenvalue weighted by atomic mass is 16.2. The van der Waals surface area contributed by atoms with Gasteiger partial charge in [-0.05, 0) is 42.5 Å². The predicted molar refractivity (Wildman–Crippen MR) is 125 cm³/mol. The molecule has 4 rings (SSSR count). The average Bonchev–Trinajstić information content (AvgIpc) is 2.86. The van der Waals surface area contributed by atoms with Gasteiger partial charge in [-0.25, -0.2) is 0 Å². The lowest BCUT2D eigenvalue weighted by Crippen LogP contribution is -2.44. The van der Waals surface area contributed by atoms with E-state index in [1.165, 1.54) is 6.42 Å². The number of nitrogens with zero attached hydrogens (tertiary/aromatic N) is 1. The van der Waals surface area contributed by atoms with Crippen LogP contribution in [-0.4, -0.2) is 48.8 Å². The van der Waals surface area contributed by atoms with Crippen molar-refractivity contribution in [3.63, 3.8) is 0 Å². The van der Waals surface area contributed by atoms with Crippen molar-refractivity contribution in [2.75, 3.05) is 26.2 Å². The first-order valence-electron chi connectivity index (χ1n) is 12.0. The molecule has 0 bridgehead atoms. The zero-order chi connectivity index (χ0) is 22.3. The van der Waals surface area contributed by atoms with Crippen LogP contribution in [0, 0.1) is 11.8 Å². The fourth-order valence-electron chi connectivity index (χ4n) is 4.95. The van der Waals surface area contributed by atoms with Gasteiger partial charge < -0.3 is 15.5 Å². The summed E-state index contributed by atoms with van der Waals surface area (Å²) in [5.74, 6) is 0.239. The molecule has 2 fully saturated rings. The van der Waals surface area contributed by atoms with Crippen molar-refractivity contribution in [3.8, 4) is 0 Å². The van der Waals surface area contributed by atoms with Gasteiger partial charge in [-0.15, -0.1) is 0 Å². The molecule has 32 heavy (non-hydrogen) atoms. The Labute approximate surface area is 189 Å². The van der Waals surface area contributed by atoms with Crippen LogP contribution in [0.15, 0.2) is 42.5 Å². The highest BCUT2D eigenvalue weighted by molar-refractivity contribution is 6.07. The van der Waals surface area contributed by atoms with Crippen molar-refractivity contribution >= 4 is 28.5 Å². The Morgan fingerprint density at radius 3 is 2.03 bits per heavy atom. The number of nitrogens with one attached hydrogen (secondary N) is 2. The molecule has 1 aliphatic carbocycles. The minimum atomic E-state index is -0.0828. The molecule has 1 heterocycles. The third-order valence-electron chi connectivity index (χ3n) is 6.87. The van der Waals surface area contributed by atoms with Crippen molar-refractivity contribution in [3.05, 3.63) is 48.0 Å². The fraction of sp³-hybridized carbons (Fsp3) is 0.500. The summed E-state index contributed by atoms with van der Waals surface area (Å²) in [6, 6.07) is 13.7. The SMILES string of the molecule is O=C(NCCNC(=O)C1CCN(C(=O)c2cccc3ccccc23)CC1)C1CCCCC1. The number of fused-ring (bicyclic) bond motifs is 1. The lowest BCUT2D eigenvalue weighted by molar-refractivity contribution is -0.127. The third-order valence-corrected chi connectivity index (χ3v) is 6.87. The first-order chi connectivity index (χ1) is 15.6. The zero-order valence-corrected chi connectivity index (χ0v) is 18.6. The second kappa shape index (κ2) is 10.6. The molecule has 6 nitrogen and oxygen atoms in total. The second-order valence-electron chi connectivity index (χ2n) is 9.01. The quantitative estimate of drug-likeness (QED) is 0.682. The molecule has 3 amide bonds. The van der Waals surface area contributed by atoms with Crippen LogP contribution in [-0.2, 0) is 9.59 Å². The highest BCUT2D eigenvalue weighted by Gasteiger charge is 2.28. The lowest BCUT2D eigenvalue weighted by Gasteiger charge is -2.31. The molecule has 2 aromatic carbocycles. The van der Waals surface area contributed by atoms with Gasteiger partial charge in [0.1, 0.15) is 0 Å². The molecule has 170 valence electrons. The van der Waals surface area contributed by atoms with Crippen LogP contribution in [0.25, 0.3) is 10.8 Å². The molecule has 6 heteroatoms. The second-order valence-corrected chi connectivity index (χ2v) is 9.01. The van der Waals surface area contributed by atoms with E-state index in [2.05, 4.69) is 10.6 Å². The fourth-order valence-corrected chi connectivity index (χ4v) is 4.95. The number of carbonyl (C=O) groups excluding carboxylic acids is 3. The predicted octanol–water partition coefficient (Wildman–Crippen LogP) is 3.50. The smallest absolute Gasteiger partial charge is 0.254 e. The topological polar surface area (TPSA) is 78.5 Å². The number of carbonyl (C=O) groups is 3. The number of rotatable bonds is 6. The maximum absolute atomic E-state index is 13.1. The first kappa shape index (κ1) is 22.3. The molecule has 0 atom stereocenters. The average molecular weight is 436 g/mol. The van der Waals surface area contributed by atoms with E-state index in [0.717, 1.165) is 42.0 Å². The van der Waals surface area contributed by atoms with Crippen molar-refractivity contribution in [1.82, 2.24) is 15.5 Å². The van der Waals surface area contributed by atoms with Crippen LogP contribution in [0.2, 0.25) is 0 Å². The van der Waals surface area contributed by atoms with Crippen LogP contribution >= 0.6 is 0 Å². The number of hydrogen-bond acceptors (Lipinski definition) is 3. The van der Waals surface area contributed by atoms with Crippen molar-refractivity contribution < 1.29 is 14.4 Å². The Hall–Kier alpha value is -2.89. The number of amides is 3. The molecule has 2 aromatic rings. The monoisotopic (exact) mass is 435 g/mol. The van der Waals surface area contributed by atoms with Crippen molar-refractivity contribution in [2.45, 2.75) is 44.9 Å². The molecule has 2 aliphatic rings. The number of likely N-dealkylation sites (tertiary alicyclic amines) is 1. The van der Waals surface area contributed by atoms with Gasteiger partial charge in [-0.2, -0.15) is 0 Å². The van der Waals surface area contributed by atoms with E-state index in [1.54, 1.807) is 0 Å². The normalized spacial score (nSPS) is 17.8. The molecule has 1 aliphatic heterocycles. The Balaban J connectivity index is 1.20. The van der Waals surface area contributed by atoms with E-state index in [-0.39, 0.29) is 29.6 Å². The molecule has 0 unspecified atom stereocenters. The summed E-state index contributed by atoms with van der Waals surface area (Å²) in [6.45, 7) is 2.09. The molecule has 0 spiro atoms. The zero-order valence-electron chi connectivity index (χ0n) is 18.6. The van der Waals surface area contributed by atoms with Crippen LogP contribution in [0.3, 0.4) is 0 Å². The lowest BCUT2D eigenvalue weighted by atomic mass is 9.89. The summed E-state index contributed by atoms with van der Waals surface area (Å²) in [5, 5.41) is 7.94. The van der Waals surface area contributed by atoms with E-state index in [0.29, 0.717) is 39.0 Å². The van der Waals surface area contributed by atoms with Gasteiger partial charge in [0.2, 0.25) is 11.8 Å². The van der Waals surface area contributed by atoms with E-state index in [9.17, 15) is 14.4 Å². The summed E-state index contributed by atoms with van der Waals surface area (Å²) in [5.41, 5.74) is 0.722. The largest absolute Gasteiger partial charge is 0.354 e. The van der Waals surface area contributed by atoms with Crippen LogP contribution in [0.1, 0.15) is 55.3 Å². The third kappa shape index (κ3) is 5.29. The highest BCUT2D eigenvalue weighted by Crippen LogP contribution is 2.24. The summed E-state index contributed by atoms with van der Waals surface area (Å²) >= 11 is 0. The molecule has 0 aromatic heterocycles. The Morgan fingerprint density at radius 2 is 1.34 bits per heavy atom. The molecular formula is C26H33N3O3. The van der Waals surface area contributed by atoms with Crippen molar-refractivity contribution in [1.29, 1.82) is 0 Å². The summed E-state index contributed by atoms with van der Waals surface area (Å²) < 4.78 is 0. The van der Waals surface area contributed by atoms with Crippen LogP contribution < -0.4 is 10.6 Å². The van der Waals surface area contributed by atoms with Gasteiger partial charge in [0, 0.05) is 43.6 Å². The Bertz CT molecular complexity index is 954. The van der Waals surface area contributed by atoms with Gasteiger partial charge in [0.15, 0.2) is 0 Å². The molecule has 1 saturated heterocycles. The van der Waals surface area contributed by atoms with Gasteiger partial charge in [-0.3, -0.25) is 14.4 Å². The molecule has 0 radical (unpaired) electrons. The molecule has 1 saturated carbocycles. The minimum absolute atomic E-state index is 0.0224. The van der Waals surface area contributed by atoms with Crippen LogP contribution in [0.5, 0.6) is 0 Å². The number of piperidine rings is 1. The first-order valence-corrected chi connectivity index (χ1v) is 12.0. The summed E-state index contributed by atoms with van der Waals surface area (Å²) in [7, 11) is 0. The van der Waals surface area contributed by atoms with Crippen LogP contribution in [0.4, 0.5) is 0 Å². The Kier molecular flexibility index (Phi) is 7.40. The van der Waals surface area contributed by atoms with Gasteiger partial charge in [-0.1, -0.05) is 55.7 Å². The van der Waals surface area contributed by atoms with E-state index >= 15 is 0 Å². The van der Waals surface area contributed by atoms with Gasteiger partial charge in [0.05, 0.1) is 0 Å². The Morgan fingerprint density at radius 1 is 0.750 bits per heavy atom. The number of benzene rings is 2. The molecule has 2 N–H and O–H groups in total. The summed E-state index contributed by atoms with van der Waals surface area (Å²) in [6.07, 6.45) is 6.79. The maximum Gasteiger partial charge on any atom is 0.254 e. The maximum atomic E-state index is 13.1. The van der Waals surface area contributed by atoms with E-state index in [1.807, 2.05) is 47.4 Å².